The van der Waals surface area contributed by atoms with E-state index in [1.807, 2.05) is 29.0 Å². The van der Waals surface area contributed by atoms with Gasteiger partial charge in [0.05, 0.1) is 0 Å². The number of rotatable bonds is 1. The maximum atomic E-state index is 2.22. The molecule has 0 aliphatic carbocycles. The molecular formula is C18H18S. The van der Waals surface area contributed by atoms with E-state index in [1.54, 1.807) is 11.3 Å². The fraction of sp³-hybridized carbons (Fsp3) is 0.111. The van der Waals surface area contributed by atoms with Crippen molar-refractivity contribution in [3.63, 3.8) is 0 Å². The van der Waals surface area contributed by atoms with Crippen molar-refractivity contribution in [1.82, 2.24) is 0 Å². The number of hydrogen-bond acceptors (Lipinski definition) is 1. The first-order chi connectivity index (χ1) is 9.27. The summed E-state index contributed by atoms with van der Waals surface area (Å²) >= 11 is 1.71. The number of benzene rings is 2. The van der Waals surface area contributed by atoms with Crippen molar-refractivity contribution in [2.75, 3.05) is 0 Å². The molecule has 1 heterocycles. The first kappa shape index (κ1) is 13.6. The van der Waals surface area contributed by atoms with Gasteiger partial charge in [0.1, 0.15) is 0 Å². The van der Waals surface area contributed by atoms with E-state index in [9.17, 15) is 0 Å². The second kappa shape index (κ2) is 6.91. The molecule has 0 amide bonds. The number of aryl methyl sites for hydroxylation is 2. The van der Waals surface area contributed by atoms with Crippen molar-refractivity contribution in [1.29, 1.82) is 0 Å². The van der Waals surface area contributed by atoms with Crippen LogP contribution in [-0.2, 0) is 0 Å². The molecule has 96 valence electrons. The molecule has 0 aliphatic heterocycles. The van der Waals surface area contributed by atoms with Gasteiger partial charge >= 0.3 is 0 Å². The van der Waals surface area contributed by atoms with E-state index in [0.717, 1.165) is 0 Å². The molecule has 0 atom stereocenters. The Morgan fingerprint density at radius 2 is 1.42 bits per heavy atom. The topological polar surface area (TPSA) is 0 Å². The van der Waals surface area contributed by atoms with Crippen LogP contribution in [-0.4, -0.2) is 0 Å². The van der Waals surface area contributed by atoms with Crippen molar-refractivity contribution >= 4 is 11.3 Å². The summed E-state index contributed by atoms with van der Waals surface area (Å²) in [6.07, 6.45) is 0. The molecule has 0 aliphatic rings. The third kappa shape index (κ3) is 4.08. The van der Waals surface area contributed by atoms with E-state index in [0.29, 0.717) is 0 Å². The van der Waals surface area contributed by atoms with Gasteiger partial charge in [0.2, 0.25) is 0 Å². The lowest BCUT2D eigenvalue weighted by Crippen LogP contribution is -1.83. The quantitative estimate of drug-likeness (QED) is 0.528. The molecule has 0 nitrogen and oxygen atoms in total. The van der Waals surface area contributed by atoms with Gasteiger partial charge in [-0.2, -0.15) is 11.3 Å². The third-order valence-electron chi connectivity index (χ3n) is 2.89. The van der Waals surface area contributed by atoms with E-state index in [1.165, 1.54) is 22.3 Å². The first-order valence-corrected chi connectivity index (χ1v) is 7.31. The number of thiophene rings is 1. The highest BCUT2D eigenvalue weighted by molar-refractivity contribution is 7.07. The summed E-state index contributed by atoms with van der Waals surface area (Å²) in [4.78, 5) is 0. The van der Waals surface area contributed by atoms with E-state index in [2.05, 4.69) is 56.3 Å². The largest absolute Gasteiger partial charge is 0.152 e. The average Bonchev–Trinajstić information content (AvgIpc) is 2.99. The molecular weight excluding hydrogens is 248 g/mol. The fourth-order valence-electron chi connectivity index (χ4n) is 1.98. The highest BCUT2D eigenvalue weighted by Crippen LogP contribution is 2.23. The summed E-state index contributed by atoms with van der Waals surface area (Å²) < 4.78 is 0. The minimum atomic E-state index is 1.30. The third-order valence-corrected chi connectivity index (χ3v) is 3.52. The van der Waals surface area contributed by atoms with Crippen LogP contribution in [0.1, 0.15) is 11.1 Å². The van der Waals surface area contributed by atoms with E-state index in [4.69, 9.17) is 0 Å². The van der Waals surface area contributed by atoms with Gasteiger partial charge in [0.25, 0.3) is 0 Å². The Morgan fingerprint density at radius 1 is 0.737 bits per heavy atom. The normalized spacial score (nSPS) is 9.58. The molecule has 0 saturated heterocycles. The Hall–Kier alpha value is -1.86. The van der Waals surface area contributed by atoms with Crippen molar-refractivity contribution in [2.24, 2.45) is 0 Å². The second-order valence-corrected chi connectivity index (χ2v) is 5.29. The molecule has 2 aromatic carbocycles. The van der Waals surface area contributed by atoms with Crippen LogP contribution >= 0.6 is 11.3 Å². The maximum absolute atomic E-state index is 2.22. The molecule has 0 N–H and O–H groups in total. The van der Waals surface area contributed by atoms with Crippen LogP contribution < -0.4 is 0 Å². The van der Waals surface area contributed by atoms with Crippen molar-refractivity contribution in [2.45, 2.75) is 13.8 Å². The maximum Gasteiger partial charge on any atom is -0.00934 e. The summed E-state index contributed by atoms with van der Waals surface area (Å²) in [6, 6.07) is 21.1. The Morgan fingerprint density at radius 3 is 1.95 bits per heavy atom. The van der Waals surface area contributed by atoms with Crippen molar-refractivity contribution < 1.29 is 0 Å². The summed E-state index contributed by atoms with van der Waals surface area (Å²) in [5, 5.41) is 4.08. The van der Waals surface area contributed by atoms with E-state index < -0.39 is 0 Å². The predicted octanol–water partition coefficient (Wildman–Crippen LogP) is 5.72. The van der Waals surface area contributed by atoms with Gasteiger partial charge < -0.3 is 0 Å². The smallest absolute Gasteiger partial charge is 0.00934 e. The average molecular weight is 266 g/mol. The van der Waals surface area contributed by atoms with E-state index in [-0.39, 0.29) is 0 Å². The summed E-state index contributed by atoms with van der Waals surface area (Å²) in [7, 11) is 0. The molecule has 0 fully saturated rings. The molecule has 0 bridgehead atoms. The number of hydrogen-bond donors (Lipinski definition) is 0. The fourth-order valence-corrected chi connectivity index (χ4v) is 2.44. The predicted molar refractivity (Wildman–Crippen MR) is 85.7 cm³/mol. The Kier molecular flexibility index (Phi) is 4.93. The lowest BCUT2D eigenvalue weighted by atomic mass is 9.99. The lowest BCUT2D eigenvalue weighted by molar-refractivity contribution is 1.38. The molecule has 19 heavy (non-hydrogen) atoms. The van der Waals surface area contributed by atoms with Gasteiger partial charge in [-0.25, -0.2) is 0 Å². The molecule has 3 aromatic rings. The summed E-state index contributed by atoms with van der Waals surface area (Å²) in [5.74, 6) is 0. The van der Waals surface area contributed by atoms with Crippen LogP contribution in [0.2, 0.25) is 0 Å². The molecule has 0 saturated carbocycles. The zero-order chi connectivity index (χ0) is 13.5. The van der Waals surface area contributed by atoms with E-state index >= 15 is 0 Å². The Labute approximate surface area is 119 Å². The van der Waals surface area contributed by atoms with Gasteiger partial charge in [-0.05, 0) is 41.3 Å². The van der Waals surface area contributed by atoms with Crippen LogP contribution in [0.25, 0.3) is 11.1 Å². The standard InChI is InChI=1S/C14H14.C4H4S/c1-11-8-9-14(12(2)10-11)13-6-4-3-5-7-13;1-2-4-5-3-1/h3-10H,1-2H3;1-4H. The minimum absolute atomic E-state index is 1.30. The van der Waals surface area contributed by atoms with Crippen LogP contribution in [0.3, 0.4) is 0 Å². The summed E-state index contributed by atoms with van der Waals surface area (Å²) in [5.41, 5.74) is 5.29. The van der Waals surface area contributed by atoms with Gasteiger partial charge in [-0.15, -0.1) is 0 Å². The van der Waals surface area contributed by atoms with Crippen LogP contribution in [0.4, 0.5) is 0 Å². The lowest BCUT2D eigenvalue weighted by Gasteiger charge is -2.06. The molecule has 3 rings (SSSR count). The summed E-state index contributed by atoms with van der Waals surface area (Å²) in [6.45, 7) is 4.29. The zero-order valence-corrected chi connectivity index (χ0v) is 12.2. The Balaban J connectivity index is 0.000000224. The molecule has 0 unspecified atom stereocenters. The van der Waals surface area contributed by atoms with Crippen molar-refractivity contribution in [3.05, 3.63) is 82.6 Å². The monoisotopic (exact) mass is 266 g/mol. The van der Waals surface area contributed by atoms with Gasteiger partial charge in [0.15, 0.2) is 0 Å². The highest BCUT2D eigenvalue weighted by atomic mass is 32.1. The molecule has 0 radical (unpaired) electrons. The van der Waals surface area contributed by atoms with Crippen LogP contribution in [0.15, 0.2) is 71.4 Å². The minimum Gasteiger partial charge on any atom is -0.152 e. The SMILES string of the molecule is Cc1ccc(-c2ccccc2)c(C)c1.c1ccsc1. The van der Waals surface area contributed by atoms with Gasteiger partial charge in [0, 0.05) is 0 Å². The molecule has 1 heteroatoms. The second-order valence-electron chi connectivity index (χ2n) is 4.48. The van der Waals surface area contributed by atoms with Crippen LogP contribution in [0.5, 0.6) is 0 Å². The molecule has 0 spiro atoms. The Bertz CT molecular complexity index is 578. The van der Waals surface area contributed by atoms with Crippen LogP contribution in [0, 0.1) is 13.8 Å². The van der Waals surface area contributed by atoms with Gasteiger partial charge in [-0.3, -0.25) is 0 Å². The van der Waals surface area contributed by atoms with Crippen molar-refractivity contribution in [3.8, 4) is 11.1 Å². The molecule has 1 aromatic heterocycles. The highest BCUT2D eigenvalue weighted by Gasteiger charge is 1.99. The zero-order valence-electron chi connectivity index (χ0n) is 11.3. The first-order valence-electron chi connectivity index (χ1n) is 6.37. The van der Waals surface area contributed by atoms with Gasteiger partial charge in [-0.1, -0.05) is 66.2 Å².